The molecular weight excluding hydrogens is 126 g/mol. The molecule has 2 heteroatoms. The molecule has 1 aliphatic heterocycles. The van der Waals surface area contributed by atoms with Crippen molar-refractivity contribution < 1.29 is 5.11 Å². The second kappa shape index (κ2) is 3.94. The monoisotopic (exact) mass is 143 g/mol. The lowest BCUT2D eigenvalue weighted by Gasteiger charge is -2.27. The van der Waals surface area contributed by atoms with Gasteiger partial charge in [0.2, 0.25) is 0 Å². The zero-order valence-electron chi connectivity index (χ0n) is 6.71. The molecule has 1 rings (SSSR count). The van der Waals surface area contributed by atoms with Crippen molar-refractivity contribution >= 4 is 0 Å². The Morgan fingerprint density at radius 3 is 2.40 bits per heavy atom. The molecule has 0 aliphatic carbocycles. The topological polar surface area (TPSA) is 23.5 Å². The number of likely N-dealkylation sites (tertiary alicyclic amines) is 1. The van der Waals surface area contributed by atoms with Gasteiger partial charge in [-0.1, -0.05) is 6.42 Å². The van der Waals surface area contributed by atoms with Crippen molar-refractivity contribution in [1.29, 1.82) is 0 Å². The fourth-order valence-corrected chi connectivity index (χ4v) is 1.52. The van der Waals surface area contributed by atoms with E-state index in [1.807, 2.05) is 6.92 Å². The van der Waals surface area contributed by atoms with Gasteiger partial charge in [-0.3, -0.25) is 0 Å². The Bertz CT molecular complexity index is 87.3. The Morgan fingerprint density at radius 2 is 1.90 bits per heavy atom. The van der Waals surface area contributed by atoms with Crippen LogP contribution in [0.5, 0.6) is 0 Å². The number of piperidine rings is 1. The number of hydrogen-bond acceptors (Lipinski definition) is 2. The standard InChI is InChI=1S/C8H17NO/c1-8(10)7-9-5-3-2-4-6-9/h8,10H,2-7H2,1H3/t8-/m0/s1. The molecule has 0 aromatic carbocycles. The molecule has 0 radical (unpaired) electrons. The molecule has 0 saturated carbocycles. The van der Waals surface area contributed by atoms with Gasteiger partial charge in [-0.15, -0.1) is 0 Å². The van der Waals surface area contributed by atoms with Gasteiger partial charge in [0, 0.05) is 6.54 Å². The zero-order valence-corrected chi connectivity index (χ0v) is 6.71. The Balaban J connectivity index is 2.13. The number of β-amino-alcohol motifs (C(OH)–C–C–N with tert-alkyl or cyclic N) is 1. The maximum absolute atomic E-state index is 9.06. The van der Waals surface area contributed by atoms with E-state index in [1.165, 1.54) is 32.4 Å². The second-order valence-electron chi connectivity index (χ2n) is 3.21. The molecule has 0 unspecified atom stereocenters. The van der Waals surface area contributed by atoms with Crippen LogP contribution in [0, 0.1) is 0 Å². The van der Waals surface area contributed by atoms with E-state index in [-0.39, 0.29) is 6.10 Å². The fourth-order valence-electron chi connectivity index (χ4n) is 1.52. The van der Waals surface area contributed by atoms with Gasteiger partial charge in [0.05, 0.1) is 6.10 Å². The summed E-state index contributed by atoms with van der Waals surface area (Å²) in [7, 11) is 0. The second-order valence-corrected chi connectivity index (χ2v) is 3.21. The molecule has 2 nitrogen and oxygen atoms in total. The smallest absolute Gasteiger partial charge is 0.0639 e. The first-order chi connectivity index (χ1) is 4.79. The SMILES string of the molecule is C[C@H](O)CN1CCCCC1. The third-order valence-corrected chi connectivity index (χ3v) is 1.97. The van der Waals surface area contributed by atoms with E-state index in [4.69, 9.17) is 5.11 Å². The van der Waals surface area contributed by atoms with Crippen molar-refractivity contribution in [2.75, 3.05) is 19.6 Å². The van der Waals surface area contributed by atoms with Gasteiger partial charge in [-0.05, 0) is 32.9 Å². The molecule has 60 valence electrons. The lowest BCUT2D eigenvalue weighted by Crippen LogP contribution is -2.35. The number of nitrogens with zero attached hydrogens (tertiary/aromatic N) is 1. The summed E-state index contributed by atoms with van der Waals surface area (Å²) in [4.78, 5) is 2.34. The first kappa shape index (κ1) is 8.02. The first-order valence-corrected chi connectivity index (χ1v) is 4.19. The molecule has 1 heterocycles. The van der Waals surface area contributed by atoms with E-state index in [2.05, 4.69) is 4.90 Å². The summed E-state index contributed by atoms with van der Waals surface area (Å²) in [5, 5.41) is 9.06. The van der Waals surface area contributed by atoms with Crippen LogP contribution in [0.15, 0.2) is 0 Å². The largest absolute Gasteiger partial charge is 0.392 e. The molecule has 1 saturated heterocycles. The molecule has 1 fully saturated rings. The Morgan fingerprint density at radius 1 is 1.30 bits per heavy atom. The normalized spacial score (nSPS) is 24.6. The van der Waals surface area contributed by atoms with Gasteiger partial charge >= 0.3 is 0 Å². The van der Waals surface area contributed by atoms with E-state index in [1.54, 1.807) is 0 Å². The van der Waals surface area contributed by atoms with Crippen LogP contribution in [0.25, 0.3) is 0 Å². The minimum atomic E-state index is -0.155. The van der Waals surface area contributed by atoms with Crippen molar-refractivity contribution in [3.8, 4) is 0 Å². The van der Waals surface area contributed by atoms with E-state index in [9.17, 15) is 0 Å². The van der Waals surface area contributed by atoms with Crippen LogP contribution >= 0.6 is 0 Å². The zero-order chi connectivity index (χ0) is 7.40. The molecule has 0 amide bonds. The van der Waals surface area contributed by atoms with Gasteiger partial charge < -0.3 is 10.0 Å². The summed E-state index contributed by atoms with van der Waals surface area (Å²) in [5.41, 5.74) is 0. The van der Waals surface area contributed by atoms with Gasteiger partial charge in [0.15, 0.2) is 0 Å². The summed E-state index contributed by atoms with van der Waals surface area (Å²) in [5.74, 6) is 0. The summed E-state index contributed by atoms with van der Waals surface area (Å²) in [6.45, 7) is 5.09. The van der Waals surface area contributed by atoms with E-state index >= 15 is 0 Å². The van der Waals surface area contributed by atoms with E-state index in [0.29, 0.717) is 0 Å². The van der Waals surface area contributed by atoms with Gasteiger partial charge in [-0.2, -0.15) is 0 Å². The van der Waals surface area contributed by atoms with E-state index < -0.39 is 0 Å². The Kier molecular flexibility index (Phi) is 3.16. The van der Waals surface area contributed by atoms with Gasteiger partial charge in [-0.25, -0.2) is 0 Å². The average molecular weight is 143 g/mol. The number of aliphatic hydroxyl groups is 1. The van der Waals surface area contributed by atoms with E-state index in [0.717, 1.165) is 6.54 Å². The highest BCUT2D eigenvalue weighted by Gasteiger charge is 2.10. The third-order valence-electron chi connectivity index (χ3n) is 1.97. The van der Waals surface area contributed by atoms with Crippen molar-refractivity contribution in [1.82, 2.24) is 4.90 Å². The minimum Gasteiger partial charge on any atom is -0.392 e. The molecule has 0 bridgehead atoms. The molecule has 10 heavy (non-hydrogen) atoms. The average Bonchev–Trinajstić information content (AvgIpc) is 1.88. The Labute approximate surface area is 62.8 Å². The van der Waals surface area contributed by atoms with Crippen LogP contribution in [0.3, 0.4) is 0 Å². The maximum atomic E-state index is 9.06. The maximum Gasteiger partial charge on any atom is 0.0639 e. The number of aliphatic hydroxyl groups excluding tert-OH is 1. The number of rotatable bonds is 2. The highest BCUT2D eigenvalue weighted by Crippen LogP contribution is 2.08. The Hall–Kier alpha value is -0.0800. The van der Waals surface area contributed by atoms with Crippen molar-refractivity contribution in [2.24, 2.45) is 0 Å². The van der Waals surface area contributed by atoms with Crippen LogP contribution in [0.1, 0.15) is 26.2 Å². The highest BCUT2D eigenvalue weighted by atomic mass is 16.3. The fraction of sp³-hybridized carbons (Fsp3) is 1.00. The summed E-state index contributed by atoms with van der Waals surface area (Å²) in [6, 6.07) is 0. The van der Waals surface area contributed by atoms with Crippen LogP contribution < -0.4 is 0 Å². The summed E-state index contributed by atoms with van der Waals surface area (Å²) >= 11 is 0. The minimum absolute atomic E-state index is 0.155. The predicted molar refractivity (Wildman–Crippen MR) is 42.0 cm³/mol. The lowest BCUT2D eigenvalue weighted by molar-refractivity contribution is 0.114. The van der Waals surface area contributed by atoms with Crippen molar-refractivity contribution in [3.63, 3.8) is 0 Å². The van der Waals surface area contributed by atoms with Crippen LogP contribution in [-0.2, 0) is 0 Å². The quantitative estimate of drug-likeness (QED) is 0.619. The van der Waals surface area contributed by atoms with Gasteiger partial charge in [0.25, 0.3) is 0 Å². The molecule has 0 spiro atoms. The van der Waals surface area contributed by atoms with Crippen molar-refractivity contribution in [3.05, 3.63) is 0 Å². The van der Waals surface area contributed by atoms with Crippen LogP contribution in [0.2, 0.25) is 0 Å². The third kappa shape index (κ3) is 2.67. The number of hydrogen-bond donors (Lipinski definition) is 1. The molecular formula is C8H17NO. The van der Waals surface area contributed by atoms with Crippen LogP contribution in [0.4, 0.5) is 0 Å². The highest BCUT2D eigenvalue weighted by molar-refractivity contribution is 4.66. The van der Waals surface area contributed by atoms with Gasteiger partial charge in [0.1, 0.15) is 0 Å². The first-order valence-electron chi connectivity index (χ1n) is 4.19. The predicted octanol–water partition coefficient (Wildman–Crippen LogP) is 0.853. The summed E-state index contributed by atoms with van der Waals surface area (Å²) < 4.78 is 0. The van der Waals surface area contributed by atoms with Crippen molar-refractivity contribution in [2.45, 2.75) is 32.3 Å². The lowest BCUT2D eigenvalue weighted by atomic mass is 10.1. The van der Waals surface area contributed by atoms with Crippen LogP contribution in [-0.4, -0.2) is 35.7 Å². The molecule has 0 aromatic heterocycles. The molecule has 1 aliphatic rings. The summed E-state index contributed by atoms with van der Waals surface area (Å²) in [6.07, 6.45) is 3.84. The molecule has 1 N–H and O–H groups in total. The molecule has 1 atom stereocenters. The molecule has 0 aromatic rings.